The third-order valence-corrected chi connectivity index (χ3v) is 3.32. The largest absolute Gasteiger partial charge is 0.505 e. The lowest BCUT2D eigenvalue weighted by atomic mass is 10.1. The predicted molar refractivity (Wildman–Crippen MR) is 69.2 cm³/mol. The molecule has 0 saturated heterocycles. The van der Waals surface area contributed by atoms with E-state index in [-0.39, 0.29) is 29.3 Å². The number of phenolic OH excluding ortho intramolecular Hbond substituents is 1. The van der Waals surface area contributed by atoms with Gasteiger partial charge in [0.15, 0.2) is 5.75 Å². The fraction of sp³-hybridized carbons (Fsp3) is 0.364. The van der Waals surface area contributed by atoms with Gasteiger partial charge in [-0.25, -0.2) is 8.42 Å². The SMILES string of the molecule is CS(=O)(=O)CCCNC(=O)c1cccc(N)c1O. The highest BCUT2D eigenvalue weighted by molar-refractivity contribution is 7.90. The minimum Gasteiger partial charge on any atom is -0.505 e. The van der Waals surface area contributed by atoms with Crippen LogP contribution in [0.4, 0.5) is 5.69 Å². The highest BCUT2D eigenvalue weighted by Crippen LogP contribution is 2.23. The summed E-state index contributed by atoms with van der Waals surface area (Å²) in [5.74, 6) is -0.734. The first kappa shape index (κ1) is 14.3. The average Bonchev–Trinajstić information content (AvgIpc) is 2.26. The van der Waals surface area contributed by atoms with Gasteiger partial charge in [-0.15, -0.1) is 0 Å². The van der Waals surface area contributed by atoms with Crippen molar-refractivity contribution in [3.8, 4) is 5.75 Å². The summed E-state index contributed by atoms with van der Waals surface area (Å²) in [6.45, 7) is 0.222. The summed E-state index contributed by atoms with van der Waals surface area (Å²) in [4.78, 5) is 11.7. The number of nitrogen functional groups attached to an aromatic ring is 1. The summed E-state index contributed by atoms with van der Waals surface area (Å²) in [6, 6.07) is 4.48. The van der Waals surface area contributed by atoms with Crippen molar-refractivity contribution in [2.24, 2.45) is 0 Å². The van der Waals surface area contributed by atoms with E-state index in [1.807, 2.05) is 0 Å². The molecule has 0 aliphatic carbocycles. The van der Waals surface area contributed by atoms with Crippen molar-refractivity contribution >= 4 is 21.4 Å². The Balaban J connectivity index is 2.54. The fourth-order valence-corrected chi connectivity index (χ4v) is 2.04. The Morgan fingerprint density at radius 2 is 2.11 bits per heavy atom. The van der Waals surface area contributed by atoms with Gasteiger partial charge in [-0.1, -0.05) is 6.07 Å². The van der Waals surface area contributed by atoms with Gasteiger partial charge < -0.3 is 16.2 Å². The molecule has 1 rings (SSSR count). The van der Waals surface area contributed by atoms with Gasteiger partial charge in [-0.2, -0.15) is 0 Å². The Hall–Kier alpha value is -1.76. The van der Waals surface area contributed by atoms with E-state index in [0.29, 0.717) is 6.42 Å². The lowest BCUT2D eigenvalue weighted by molar-refractivity contribution is 0.0951. The molecule has 0 unspecified atom stereocenters. The number of nitrogens with two attached hydrogens (primary N) is 1. The molecule has 18 heavy (non-hydrogen) atoms. The van der Waals surface area contributed by atoms with Crippen LogP contribution in [0.3, 0.4) is 0 Å². The van der Waals surface area contributed by atoms with Crippen LogP contribution in [0.25, 0.3) is 0 Å². The minimum atomic E-state index is -3.02. The van der Waals surface area contributed by atoms with Crippen molar-refractivity contribution < 1.29 is 18.3 Å². The Morgan fingerprint density at radius 1 is 1.44 bits per heavy atom. The van der Waals surface area contributed by atoms with E-state index < -0.39 is 15.7 Å². The lowest BCUT2D eigenvalue weighted by Gasteiger charge is -2.07. The van der Waals surface area contributed by atoms with Gasteiger partial charge in [-0.05, 0) is 18.6 Å². The van der Waals surface area contributed by atoms with Crippen LogP contribution in [0.1, 0.15) is 16.8 Å². The maximum Gasteiger partial charge on any atom is 0.255 e. The minimum absolute atomic E-state index is 0.0101. The van der Waals surface area contributed by atoms with Crippen LogP contribution >= 0.6 is 0 Å². The second kappa shape index (κ2) is 5.72. The Bertz CT molecular complexity index is 540. The quantitative estimate of drug-likeness (QED) is 0.401. The van der Waals surface area contributed by atoms with Crippen LogP contribution in [-0.4, -0.2) is 38.0 Å². The van der Waals surface area contributed by atoms with Crippen LogP contribution < -0.4 is 11.1 Å². The van der Waals surface area contributed by atoms with E-state index in [0.717, 1.165) is 6.26 Å². The molecule has 0 spiro atoms. The van der Waals surface area contributed by atoms with Crippen LogP contribution in [0.5, 0.6) is 5.75 Å². The van der Waals surface area contributed by atoms with Crippen molar-refractivity contribution in [1.29, 1.82) is 0 Å². The number of phenols is 1. The molecule has 0 aromatic heterocycles. The van der Waals surface area contributed by atoms with Gasteiger partial charge in [0.25, 0.3) is 5.91 Å². The number of hydrogen-bond acceptors (Lipinski definition) is 5. The number of carbonyl (C=O) groups excluding carboxylic acids is 1. The first-order valence-electron chi connectivity index (χ1n) is 5.34. The van der Waals surface area contributed by atoms with E-state index in [1.54, 1.807) is 6.07 Å². The van der Waals surface area contributed by atoms with Crippen molar-refractivity contribution in [1.82, 2.24) is 5.32 Å². The van der Waals surface area contributed by atoms with E-state index in [9.17, 15) is 18.3 Å². The summed E-state index contributed by atoms with van der Waals surface area (Å²) >= 11 is 0. The van der Waals surface area contributed by atoms with Gasteiger partial charge in [0, 0.05) is 12.8 Å². The van der Waals surface area contributed by atoms with Crippen LogP contribution in [0, 0.1) is 0 Å². The summed E-state index contributed by atoms with van der Waals surface area (Å²) in [5, 5.41) is 12.1. The number of nitrogens with one attached hydrogen (secondary N) is 1. The number of para-hydroxylation sites is 1. The smallest absolute Gasteiger partial charge is 0.255 e. The number of anilines is 1. The number of amides is 1. The van der Waals surface area contributed by atoms with Crippen molar-refractivity contribution in [3.63, 3.8) is 0 Å². The van der Waals surface area contributed by atoms with Gasteiger partial charge >= 0.3 is 0 Å². The molecule has 6 nitrogen and oxygen atoms in total. The molecule has 1 aromatic carbocycles. The normalized spacial score (nSPS) is 11.2. The third-order valence-electron chi connectivity index (χ3n) is 2.29. The topological polar surface area (TPSA) is 109 Å². The Kier molecular flexibility index (Phi) is 4.55. The standard InChI is InChI=1S/C11H16N2O4S/c1-18(16,17)7-3-6-13-11(15)8-4-2-5-9(12)10(8)14/h2,4-5,14H,3,6-7,12H2,1H3,(H,13,15). The molecular formula is C11H16N2O4S. The zero-order valence-corrected chi connectivity index (χ0v) is 10.8. The second-order valence-corrected chi connectivity index (χ2v) is 6.24. The molecule has 7 heteroatoms. The number of aromatic hydroxyl groups is 1. The number of benzene rings is 1. The highest BCUT2D eigenvalue weighted by Gasteiger charge is 2.12. The summed E-state index contributed by atoms with van der Waals surface area (Å²) in [6.07, 6.45) is 1.46. The average molecular weight is 272 g/mol. The van der Waals surface area contributed by atoms with Gasteiger partial charge in [-0.3, -0.25) is 4.79 Å². The predicted octanol–water partition coefficient (Wildman–Crippen LogP) is 0.139. The van der Waals surface area contributed by atoms with Gasteiger partial charge in [0.05, 0.1) is 17.0 Å². The molecule has 4 N–H and O–H groups in total. The molecule has 0 radical (unpaired) electrons. The number of carbonyl (C=O) groups is 1. The number of hydrogen-bond donors (Lipinski definition) is 3. The van der Waals surface area contributed by atoms with Gasteiger partial charge in [0.2, 0.25) is 0 Å². The molecule has 0 fully saturated rings. The van der Waals surface area contributed by atoms with Crippen molar-refractivity contribution in [3.05, 3.63) is 23.8 Å². The summed E-state index contributed by atoms with van der Waals surface area (Å²) in [7, 11) is -3.02. The number of sulfone groups is 1. The molecule has 0 saturated carbocycles. The van der Waals surface area contributed by atoms with Crippen molar-refractivity contribution in [2.75, 3.05) is 24.3 Å². The molecular weight excluding hydrogens is 256 g/mol. The van der Waals surface area contributed by atoms with E-state index in [2.05, 4.69) is 5.32 Å². The Labute approximate surface area is 106 Å². The Morgan fingerprint density at radius 3 is 2.72 bits per heavy atom. The fourth-order valence-electron chi connectivity index (χ4n) is 1.38. The summed E-state index contributed by atoms with van der Waals surface area (Å²) in [5.41, 5.74) is 5.66. The van der Waals surface area contributed by atoms with E-state index in [1.165, 1.54) is 12.1 Å². The molecule has 0 bridgehead atoms. The molecule has 1 amide bonds. The maximum absolute atomic E-state index is 11.7. The second-order valence-electron chi connectivity index (χ2n) is 3.98. The van der Waals surface area contributed by atoms with Gasteiger partial charge in [0.1, 0.15) is 9.84 Å². The molecule has 0 heterocycles. The molecule has 0 atom stereocenters. The third kappa shape index (κ3) is 4.25. The monoisotopic (exact) mass is 272 g/mol. The molecule has 0 aliphatic heterocycles. The molecule has 1 aromatic rings. The summed E-state index contributed by atoms with van der Waals surface area (Å²) < 4.78 is 21.8. The van der Waals surface area contributed by atoms with Crippen LogP contribution in [-0.2, 0) is 9.84 Å². The van der Waals surface area contributed by atoms with Crippen LogP contribution in [0.15, 0.2) is 18.2 Å². The molecule has 0 aliphatic rings. The zero-order chi connectivity index (χ0) is 13.8. The number of rotatable bonds is 5. The lowest BCUT2D eigenvalue weighted by Crippen LogP contribution is -2.26. The van der Waals surface area contributed by atoms with Crippen molar-refractivity contribution in [2.45, 2.75) is 6.42 Å². The first-order chi connectivity index (χ1) is 8.31. The first-order valence-corrected chi connectivity index (χ1v) is 7.40. The van der Waals surface area contributed by atoms with E-state index >= 15 is 0 Å². The zero-order valence-electron chi connectivity index (χ0n) is 10.0. The maximum atomic E-state index is 11.7. The highest BCUT2D eigenvalue weighted by atomic mass is 32.2. The van der Waals surface area contributed by atoms with Crippen LogP contribution in [0.2, 0.25) is 0 Å². The molecule has 100 valence electrons. The van der Waals surface area contributed by atoms with E-state index in [4.69, 9.17) is 5.73 Å².